The maximum atomic E-state index is 11.9. The first-order valence-corrected chi connectivity index (χ1v) is 11.3. The van der Waals surface area contributed by atoms with Gasteiger partial charge in [0.25, 0.3) is 0 Å². The predicted octanol–water partition coefficient (Wildman–Crippen LogP) is 3.94. The van der Waals surface area contributed by atoms with Crippen molar-refractivity contribution >= 4 is 40.0 Å². The smallest absolute Gasteiger partial charge is 0.245 e. The first kappa shape index (κ1) is 21.9. The van der Waals surface area contributed by atoms with Crippen LogP contribution in [0.4, 0.5) is 11.5 Å². The van der Waals surface area contributed by atoms with Crippen LogP contribution in [0.15, 0.2) is 49.7 Å². The van der Waals surface area contributed by atoms with Crippen molar-refractivity contribution in [3.8, 4) is 5.75 Å². The van der Waals surface area contributed by atoms with Gasteiger partial charge in [0.15, 0.2) is 5.82 Å². The Morgan fingerprint density at radius 1 is 1.29 bits per heavy atom. The lowest BCUT2D eigenvalue weighted by Crippen LogP contribution is -2.36. The number of likely N-dealkylation sites (tertiary alicyclic amines) is 1. The maximum Gasteiger partial charge on any atom is 0.245 e. The third-order valence-corrected chi connectivity index (χ3v) is 6.24. The summed E-state index contributed by atoms with van der Waals surface area (Å²) in [5.41, 5.74) is 2.67. The van der Waals surface area contributed by atoms with Gasteiger partial charge < -0.3 is 24.9 Å². The van der Waals surface area contributed by atoms with Gasteiger partial charge in [-0.05, 0) is 48.6 Å². The first-order chi connectivity index (χ1) is 16.6. The van der Waals surface area contributed by atoms with E-state index >= 15 is 0 Å². The second-order valence-corrected chi connectivity index (χ2v) is 8.40. The minimum Gasteiger partial charge on any atom is -0.484 e. The first-order valence-electron chi connectivity index (χ1n) is 10.9. The number of rotatable bonds is 7. The van der Waals surface area contributed by atoms with Gasteiger partial charge in [-0.2, -0.15) is 0 Å². The van der Waals surface area contributed by atoms with Crippen molar-refractivity contribution in [3.63, 3.8) is 0 Å². The molecule has 1 aliphatic rings. The molecule has 3 aromatic heterocycles. The van der Waals surface area contributed by atoms with Crippen molar-refractivity contribution in [2.45, 2.75) is 25.4 Å². The average Bonchev–Trinajstić information content (AvgIpc) is 3.54. The number of aromatic nitrogens is 6. The molecule has 10 nitrogen and oxygen atoms in total. The molecule has 1 aromatic carbocycles. The van der Waals surface area contributed by atoms with E-state index < -0.39 is 0 Å². The molecule has 34 heavy (non-hydrogen) atoms. The van der Waals surface area contributed by atoms with Crippen molar-refractivity contribution < 1.29 is 9.53 Å². The number of ether oxygens (including phenoxy) is 1. The monoisotopic (exact) mass is 478 g/mol. The number of carbonyl (C=O) groups excluding carboxylic acids is 1. The van der Waals surface area contributed by atoms with Crippen LogP contribution in [0.1, 0.15) is 30.1 Å². The Kier molecular flexibility index (Phi) is 6.13. The van der Waals surface area contributed by atoms with Crippen LogP contribution in [0.25, 0.3) is 11.0 Å². The van der Waals surface area contributed by atoms with Crippen LogP contribution >= 0.6 is 11.6 Å². The highest BCUT2D eigenvalue weighted by Crippen LogP contribution is 2.37. The summed E-state index contributed by atoms with van der Waals surface area (Å²) < 4.78 is 5.72. The minimum absolute atomic E-state index is 0.0202. The normalized spacial score (nSPS) is 14.3. The number of benzene rings is 1. The highest BCUT2D eigenvalue weighted by molar-refractivity contribution is 6.32. The highest BCUT2D eigenvalue weighted by Gasteiger charge is 2.26. The molecule has 0 saturated carbocycles. The highest BCUT2D eigenvalue weighted by atomic mass is 35.5. The van der Waals surface area contributed by atoms with Gasteiger partial charge in [0.05, 0.1) is 10.4 Å². The van der Waals surface area contributed by atoms with Crippen LogP contribution in [-0.2, 0) is 11.4 Å². The number of aromatic amines is 2. The van der Waals surface area contributed by atoms with Gasteiger partial charge in [-0.25, -0.2) is 9.97 Å². The molecule has 4 aromatic rings. The minimum atomic E-state index is -0.0202. The number of H-pyrrole nitrogens is 2. The van der Waals surface area contributed by atoms with Crippen LogP contribution in [-0.4, -0.2) is 54.0 Å². The second kappa shape index (κ2) is 9.52. The number of fused-ring (bicyclic) bond motifs is 1. The molecule has 0 radical (unpaired) electrons. The number of nitrogens with zero attached hydrogens (tertiary/aromatic N) is 5. The summed E-state index contributed by atoms with van der Waals surface area (Å²) in [4.78, 5) is 28.8. The summed E-state index contributed by atoms with van der Waals surface area (Å²) in [6, 6.07) is 5.46. The number of hydrogen-bond acceptors (Lipinski definition) is 7. The molecule has 1 amide bonds. The summed E-state index contributed by atoms with van der Waals surface area (Å²) in [6.45, 7) is 5.22. The fourth-order valence-electron chi connectivity index (χ4n) is 4.22. The van der Waals surface area contributed by atoms with Gasteiger partial charge >= 0.3 is 0 Å². The molecule has 174 valence electrons. The van der Waals surface area contributed by atoms with Crippen molar-refractivity contribution in [2.24, 2.45) is 0 Å². The molecule has 0 atom stereocenters. The van der Waals surface area contributed by atoms with Crippen LogP contribution in [0.2, 0.25) is 5.02 Å². The Morgan fingerprint density at radius 2 is 2.15 bits per heavy atom. The molecule has 0 unspecified atom stereocenters. The van der Waals surface area contributed by atoms with E-state index in [9.17, 15) is 4.79 Å². The van der Waals surface area contributed by atoms with E-state index in [4.69, 9.17) is 16.3 Å². The quantitative estimate of drug-likeness (QED) is 0.343. The summed E-state index contributed by atoms with van der Waals surface area (Å²) in [5.74, 6) is 2.12. The zero-order valence-corrected chi connectivity index (χ0v) is 19.0. The molecule has 4 heterocycles. The number of nitrogens with one attached hydrogen (secondary N) is 3. The van der Waals surface area contributed by atoms with Crippen LogP contribution < -0.4 is 10.1 Å². The number of amides is 1. The van der Waals surface area contributed by atoms with E-state index in [2.05, 4.69) is 42.0 Å². The van der Waals surface area contributed by atoms with E-state index in [1.807, 2.05) is 17.2 Å². The van der Waals surface area contributed by atoms with Crippen molar-refractivity contribution in [1.82, 2.24) is 35.0 Å². The number of halogens is 1. The van der Waals surface area contributed by atoms with Gasteiger partial charge in [0.2, 0.25) is 5.91 Å². The zero-order chi connectivity index (χ0) is 23.5. The molecule has 1 saturated heterocycles. The average molecular weight is 479 g/mol. The molecule has 11 heteroatoms. The van der Waals surface area contributed by atoms with Crippen LogP contribution in [0.5, 0.6) is 5.75 Å². The van der Waals surface area contributed by atoms with Gasteiger partial charge in [-0.1, -0.05) is 18.2 Å². The maximum absolute atomic E-state index is 11.9. The molecule has 1 aliphatic heterocycles. The van der Waals surface area contributed by atoms with Gasteiger partial charge in [0.1, 0.15) is 36.5 Å². The van der Waals surface area contributed by atoms with Gasteiger partial charge in [-0.15, -0.1) is 10.2 Å². The van der Waals surface area contributed by atoms with E-state index in [0.29, 0.717) is 41.4 Å². The molecular weight excluding hydrogens is 456 g/mol. The second-order valence-electron chi connectivity index (χ2n) is 7.99. The standard InChI is InChI=1S/C23H23ClN8O2/c1-2-20(33)32-7-5-14(6-8-32)16-10-25-22-21(16)23(28-12-27-22)30-15-3-4-18(17(24)9-15)34-11-19-26-13-29-31-19/h2-4,9-10,12-14H,1,5-8,11H2,(H,26,29,31)(H2,25,27,28,30). The summed E-state index contributed by atoms with van der Waals surface area (Å²) >= 11 is 6.45. The van der Waals surface area contributed by atoms with E-state index in [1.165, 1.54) is 18.7 Å². The fourth-order valence-corrected chi connectivity index (χ4v) is 4.46. The van der Waals surface area contributed by atoms with Crippen LogP contribution in [0, 0.1) is 0 Å². The zero-order valence-electron chi connectivity index (χ0n) is 18.3. The lowest BCUT2D eigenvalue weighted by Gasteiger charge is -2.31. The van der Waals surface area contributed by atoms with Gasteiger partial charge in [-0.3, -0.25) is 4.79 Å². The number of piperidine rings is 1. The summed E-state index contributed by atoms with van der Waals surface area (Å²) in [7, 11) is 0. The van der Waals surface area contributed by atoms with Crippen molar-refractivity contribution in [2.75, 3.05) is 18.4 Å². The van der Waals surface area contributed by atoms with Crippen molar-refractivity contribution in [1.29, 1.82) is 0 Å². The Bertz CT molecular complexity index is 1310. The molecule has 0 aliphatic carbocycles. The Morgan fingerprint density at radius 3 is 2.88 bits per heavy atom. The Labute approximate surface area is 200 Å². The Balaban J connectivity index is 1.34. The van der Waals surface area contributed by atoms with E-state index in [1.54, 1.807) is 12.1 Å². The lowest BCUT2D eigenvalue weighted by atomic mass is 9.89. The molecular formula is C23H23ClN8O2. The number of hydrogen-bond donors (Lipinski definition) is 3. The molecule has 5 rings (SSSR count). The fraction of sp³-hybridized carbons (Fsp3) is 0.261. The van der Waals surface area contributed by atoms with Gasteiger partial charge in [0, 0.05) is 25.0 Å². The summed E-state index contributed by atoms with van der Waals surface area (Å²) in [6.07, 6.45) is 8.11. The SMILES string of the molecule is C=CC(=O)N1CCC(c2c[nH]c3ncnc(Nc4ccc(OCc5nnc[nH]5)c(Cl)c4)c23)CC1. The largest absolute Gasteiger partial charge is 0.484 e. The summed E-state index contributed by atoms with van der Waals surface area (Å²) in [5, 5.41) is 12.4. The topological polar surface area (TPSA) is 125 Å². The number of anilines is 2. The van der Waals surface area contributed by atoms with Crippen LogP contribution in [0.3, 0.4) is 0 Å². The predicted molar refractivity (Wildman–Crippen MR) is 128 cm³/mol. The lowest BCUT2D eigenvalue weighted by molar-refractivity contribution is -0.127. The molecule has 0 spiro atoms. The third-order valence-electron chi connectivity index (χ3n) is 5.95. The molecule has 0 bridgehead atoms. The third kappa shape index (κ3) is 4.44. The molecule has 3 N–H and O–H groups in total. The Hall–Kier alpha value is -3.92. The number of carbonyl (C=O) groups is 1. The van der Waals surface area contributed by atoms with E-state index in [-0.39, 0.29) is 12.5 Å². The van der Waals surface area contributed by atoms with E-state index in [0.717, 1.165) is 35.1 Å². The van der Waals surface area contributed by atoms with Crippen molar-refractivity contribution in [3.05, 3.63) is 66.1 Å². The molecule has 1 fully saturated rings.